The summed E-state index contributed by atoms with van der Waals surface area (Å²) in [7, 11) is -5.15. The number of nitrogens with one attached hydrogen (secondary N) is 2. The molecule has 0 saturated carbocycles. The Labute approximate surface area is 228 Å². The van der Waals surface area contributed by atoms with Crippen LogP contribution in [0.4, 0.5) is 0 Å². The van der Waals surface area contributed by atoms with E-state index in [0.29, 0.717) is 61.1 Å². The quantitative estimate of drug-likeness (QED) is 0.214. The molecule has 0 aliphatic rings. The van der Waals surface area contributed by atoms with E-state index < -0.39 is 14.6 Å². The Morgan fingerprint density at radius 2 is 0.944 bits per heavy atom. The van der Waals surface area contributed by atoms with E-state index in [-0.39, 0.29) is 0 Å². The summed E-state index contributed by atoms with van der Waals surface area (Å²) in [6.45, 7) is 9.99. The van der Waals surface area contributed by atoms with Gasteiger partial charge in [0.2, 0.25) is 0 Å². The van der Waals surface area contributed by atoms with Gasteiger partial charge in [-0.2, -0.15) is 0 Å². The number of hydrogen-bond donors (Lipinski definition) is 2. The second-order valence-electron chi connectivity index (χ2n) is 8.69. The Morgan fingerprint density at radius 1 is 0.639 bits per heavy atom. The van der Waals surface area contributed by atoms with Crippen molar-refractivity contribution in [2.24, 2.45) is 0 Å². The topological polar surface area (TPSA) is 64.7 Å². The molecule has 36 heavy (non-hydrogen) atoms. The fraction of sp³-hybridized carbons (Fsp3) is 0.462. The maximum Gasteiger partial charge on any atom is 0.174 e. The highest BCUT2D eigenvalue weighted by atomic mass is 32.1. The molecule has 0 heterocycles. The maximum absolute atomic E-state index is 13.1. The van der Waals surface area contributed by atoms with E-state index in [4.69, 9.17) is 24.4 Å². The molecular formula is C26H40N4O2P2S2. The monoisotopic (exact) mass is 566 g/mol. The Kier molecular flexibility index (Phi) is 12.6. The number of benzene rings is 2. The van der Waals surface area contributed by atoms with E-state index in [1.807, 2.05) is 73.9 Å². The van der Waals surface area contributed by atoms with Crippen LogP contribution >= 0.6 is 39.0 Å². The average molecular weight is 567 g/mol. The van der Waals surface area contributed by atoms with Crippen LogP contribution in [-0.4, -0.2) is 57.8 Å². The second-order valence-corrected chi connectivity index (χ2v) is 16.0. The smallest absolute Gasteiger partial charge is 0.174 e. The van der Waals surface area contributed by atoms with Crippen LogP contribution in [0.15, 0.2) is 60.7 Å². The van der Waals surface area contributed by atoms with Crippen LogP contribution < -0.4 is 10.2 Å². The summed E-state index contributed by atoms with van der Waals surface area (Å²) >= 11 is 11.5. The first kappa shape index (κ1) is 30.5. The van der Waals surface area contributed by atoms with Gasteiger partial charge in [0.05, 0.1) is 0 Å². The van der Waals surface area contributed by atoms with Crippen molar-refractivity contribution in [3.8, 4) is 0 Å². The standard InChI is InChI=1S/C26H40N4O2P2S2/c1-5-33(31,6-2)27-25(35)29(21-23-15-11-9-12-16-23)19-20-30(22-24-17-13-10-14-18-24)26(36)28-34(32,7-3)8-4/h9-18H,5-8,19-22H2,1-4H3,(H,27,31,35)(H,28,32,36). The number of rotatable bonds is 13. The molecule has 2 aromatic carbocycles. The minimum absolute atomic E-state index is 0.484. The molecule has 6 nitrogen and oxygen atoms in total. The van der Waals surface area contributed by atoms with Crippen molar-refractivity contribution in [1.29, 1.82) is 0 Å². The lowest BCUT2D eigenvalue weighted by molar-refractivity contribution is 0.329. The van der Waals surface area contributed by atoms with E-state index in [0.717, 1.165) is 11.1 Å². The Balaban J connectivity index is 2.27. The van der Waals surface area contributed by atoms with Crippen molar-refractivity contribution < 1.29 is 9.13 Å². The lowest BCUT2D eigenvalue weighted by atomic mass is 10.2. The molecule has 0 atom stereocenters. The maximum atomic E-state index is 13.1. The minimum atomic E-state index is -2.57. The van der Waals surface area contributed by atoms with Gasteiger partial charge in [-0.25, -0.2) is 0 Å². The fourth-order valence-corrected chi connectivity index (χ4v) is 7.42. The predicted molar refractivity (Wildman–Crippen MR) is 163 cm³/mol. The van der Waals surface area contributed by atoms with Crippen LogP contribution in [0, 0.1) is 0 Å². The van der Waals surface area contributed by atoms with Gasteiger partial charge in [-0.1, -0.05) is 88.4 Å². The van der Waals surface area contributed by atoms with Crippen molar-refractivity contribution in [2.45, 2.75) is 40.8 Å². The van der Waals surface area contributed by atoms with Gasteiger partial charge in [0.15, 0.2) is 24.8 Å². The van der Waals surface area contributed by atoms with Crippen molar-refractivity contribution in [2.75, 3.05) is 37.7 Å². The Hall–Kier alpha value is -1.72. The van der Waals surface area contributed by atoms with Crippen molar-refractivity contribution in [3.63, 3.8) is 0 Å². The second kappa shape index (κ2) is 14.9. The molecule has 0 saturated heterocycles. The number of thiocarbonyl (C=S) groups is 2. The van der Waals surface area contributed by atoms with E-state index >= 15 is 0 Å². The zero-order chi connectivity index (χ0) is 26.6. The van der Waals surface area contributed by atoms with E-state index in [1.54, 1.807) is 0 Å². The van der Waals surface area contributed by atoms with Crippen molar-refractivity contribution >= 4 is 49.2 Å². The van der Waals surface area contributed by atoms with Gasteiger partial charge < -0.3 is 29.1 Å². The molecule has 2 N–H and O–H groups in total. The third-order valence-electron chi connectivity index (χ3n) is 6.29. The van der Waals surface area contributed by atoms with Gasteiger partial charge in [-0.3, -0.25) is 0 Å². The summed E-state index contributed by atoms with van der Waals surface area (Å²) < 4.78 is 26.3. The average Bonchev–Trinajstić information content (AvgIpc) is 2.90. The highest BCUT2D eigenvalue weighted by Crippen LogP contribution is 2.40. The fourth-order valence-electron chi connectivity index (χ4n) is 3.61. The largest absolute Gasteiger partial charge is 0.343 e. The molecule has 0 unspecified atom stereocenters. The molecule has 198 valence electrons. The lowest BCUT2D eigenvalue weighted by Crippen LogP contribution is -2.46. The Morgan fingerprint density at radius 3 is 1.22 bits per heavy atom. The minimum Gasteiger partial charge on any atom is -0.343 e. The van der Waals surface area contributed by atoms with Gasteiger partial charge in [-0.15, -0.1) is 0 Å². The van der Waals surface area contributed by atoms with Crippen LogP contribution in [0.5, 0.6) is 0 Å². The summed E-state index contributed by atoms with van der Waals surface area (Å²) in [4.78, 5) is 4.09. The van der Waals surface area contributed by atoms with Gasteiger partial charge in [0.25, 0.3) is 0 Å². The Bertz CT molecular complexity index is 969. The molecule has 0 aliphatic heterocycles. The summed E-state index contributed by atoms with van der Waals surface area (Å²) in [5.74, 6) is 0. The highest BCUT2D eigenvalue weighted by molar-refractivity contribution is 7.81. The van der Waals surface area contributed by atoms with Crippen LogP contribution in [0.1, 0.15) is 38.8 Å². The third-order valence-corrected chi connectivity index (χ3v) is 12.6. The van der Waals surface area contributed by atoms with E-state index in [2.05, 4.69) is 34.4 Å². The molecule has 2 aromatic rings. The first-order chi connectivity index (χ1) is 17.2. The first-order valence-electron chi connectivity index (χ1n) is 12.6. The first-order valence-corrected chi connectivity index (χ1v) is 17.5. The molecule has 0 aliphatic carbocycles. The van der Waals surface area contributed by atoms with Crippen molar-refractivity contribution in [3.05, 3.63) is 71.8 Å². The summed E-state index contributed by atoms with van der Waals surface area (Å²) in [6, 6.07) is 20.2. The molecule has 2 rings (SSSR count). The summed E-state index contributed by atoms with van der Waals surface area (Å²) in [6.07, 6.45) is 2.17. The van der Waals surface area contributed by atoms with Gasteiger partial charge in [0.1, 0.15) is 0 Å². The molecule has 0 radical (unpaired) electrons. The predicted octanol–water partition coefficient (Wildman–Crippen LogP) is 6.38. The molecule has 0 spiro atoms. The molecular weight excluding hydrogens is 526 g/mol. The molecule has 0 amide bonds. The zero-order valence-electron chi connectivity index (χ0n) is 21.9. The van der Waals surface area contributed by atoms with Gasteiger partial charge >= 0.3 is 0 Å². The third kappa shape index (κ3) is 9.63. The SMILES string of the molecule is CCP(=O)(CC)NC(=S)N(CCN(Cc1ccccc1)C(=S)NP(=O)(CC)CC)Cc1ccccc1. The van der Waals surface area contributed by atoms with Crippen LogP contribution in [-0.2, 0) is 22.2 Å². The summed E-state index contributed by atoms with van der Waals surface area (Å²) in [5, 5.41) is 7.31. The molecule has 0 aromatic heterocycles. The van der Waals surface area contributed by atoms with E-state index in [1.165, 1.54) is 0 Å². The summed E-state index contributed by atoms with van der Waals surface area (Å²) in [5.41, 5.74) is 2.22. The molecule has 0 bridgehead atoms. The number of nitrogens with zero attached hydrogens (tertiary/aromatic N) is 2. The zero-order valence-corrected chi connectivity index (χ0v) is 25.3. The van der Waals surface area contributed by atoms with Crippen molar-refractivity contribution in [1.82, 2.24) is 20.0 Å². The highest BCUT2D eigenvalue weighted by Gasteiger charge is 2.24. The van der Waals surface area contributed by atoms with Gasteiger partial charge in [-0.05, 0) is 35.6 Å². The van der Waals surface area contributed by atoms with E-state index in [9.17, 15) is 9.13 Å². The molecule has 0 fully saturated rings. The molecule has 10 heteroatoms. The lowest BCUT2D eigenvalue weighted by Gasteiger charge is -2.33. The normalized spacial score (nSPS) is 11.6. The van der Waals surface area contributed by atoms with Crippen LogP contribution in [0.3, 0.4) is 0 Å². The van der Waals surface area contributed by atoms with Gasteiger partial charge in [0, 0.05) is 50.8 Å². The van der Waals surface area contributed by atoms with Crippen LogP contribution in [0.25, 0.3) is 0 Å². The van der Waals surface area contributed by atoms with Crippen LogP contribution in [0.2, 0.25) is 0 Å². The number of hydrogen-bond acceptors (Lipinski definition) is 4.